The number of nitrogens with zero attached hydrogens (tertiary/aromatic N) is 5. The second-order valence-electron chi connectivity index (χ2n) is 9.45. The minimum Gasteiger partial charge on any atom is -0.433 e. The molecular formula is C25H32F5N7O3. The molecule has 4 rings (SSSR count). The summed E-state index contributed by atoms with van der Waals surface area (Å²) in [6.07, 6.45) is -3.47. The molecule has 2 saturated heterocycles. The third-order valence-electron chi connectivity index (χ3n) is 6.61. The van der Waals surface area contributed by atoms with Gasteiger partial charge in [0.2, 0.25) is 11.9 Å². The van der Waals surface area contributed by atoms with Gasteiger partial charge in [-0.1, -0.05) is 0 Å². The van der Waals surface area contributed by atoms with E-state index in [4.69, 9.17) is 9.47 Å². The first kappa shape index (κ1) is 29.5. The maximum absolute atomic E-state index is 13.6. The van der Waals surface area contributed by atoms with E-state index in [1.54, 1.807) is 11.0 Å². The molecule has 1 amide bonds. The number of hydrogen-bond acceptors (Lipinski definition) is 9. The van der Waals surface area contributed by atoms with Gasteiger partial charge in [-0.2, -0.15) is 26.9 Å². The minimum absolute atomic E-state index is 0.0672. The number of amides is 1. The summed E-state index contributed by atoms with van der Waals surface area (Å²) in [7, 11) is 2.00. The number of hydrogen-bond donors (Lipinski definition) is 2. The molecule has 3 heterocycles. The number of alkyl halides is 5. The number of anilines is 4. The summed E-state index contributed by atoms with van der Waals surface area (Å²) >= 11 is 0. The van der Waals surface area contributed by atoms with E-state index >= 15 is 0 Å². The topological polar surface area (TPSA) is 95.1 Å². The molecule has 1 aromatic heterocycles. The molecule has 2 aromatic rings. The van der Waals surface area contributed by atoms with Gasteiger partial charge in [0.25, 0.3) is 0 Å². The van der Waals surface area contributed by atoms with Crippen LogP contribution in [0, 0.1) is 0 Å². The molecule has 0 bridgehead atoms. The van der Waals surface area contributed by atoms with Crippen LogP contribution in [-0.2, 0) is 15.7 Å². The summed E-state index contributed by atoms with van der Waals surface area (Å²) in [5, 5.41) is 5.38. The monoisotopic (exact) mass is 573 g/mol. The molecule has 2 fully saturated rings. The third-order valence-corrected chi connectivity index (χ3v) is 6.61. The van der Waals surface area contributed by atoms with E-state index in [1.165, 1.54) is 12.1 Å². The maximum atomic E-state index is 13.6. The smallest absolute Gasteiger partial charge is 0.421 e. The number of piperazine rings is 1. The number of carbonyl (C=O) groups is 1. The van der Waals surface area contributed by atoms with Crippen molar-refractivity contribution in [3.05, 3.63) is 30.0 Å². The average molecular weight is 574 g/mol. The molecule has 1 aromatic carbocycles. The van der Waals surface area contributed by atoms with Crippen LogP contribution in [0.4, 0.5) is 45.1 Å². The zero-order valence-corrected chi connectivity index (χ0v) is 22.0. The molecule has 220 valence electrons. The van der Waals surface area contributed by atoms with E-state index in [0.29, 0.717) is 57.7 Å². The van der Waals surface area contributed by atoms with E-state index < -0.39 is 24.2 Å². The summed E-state index contributed by atoms with van der Waals surface area (Å²) in [5.41, 5.74) is -0.322. The molecule has 2 N–H and O–H groups in total. The largest absolute Gasteiger partial charge is 0.433 e. The highest BCUT2D eigenvalue weighted by atomic mass is 19.4. The number of likely N-dealkylation sites (N-methyl/N-ethyl adjacent to an activating group) is 1. The van der Waals surface area contributed by atoms with Crippen molar-refractivity contribution in [2.75, 3.05) is 81.6 Å². The van der Waals surface area contributed by atoms with Crippen molar-refractivity contribution in [2.24, 2.45) is 0 Å². The highest BCUT2D eigenvalue weighted by Gasteiger charge is 2.35. The number of rotatable bonds is 10. The molecule has 0 radical (unpaired) electrons. The number of benzene rings is 1. The van der Waals surface area contributed by atoms with Gasteiger partial charge in [0.05, 0.1) is 25.3 Å². The Labute approximate surface area is 228 Å². The lowest BCUT2D eigenvalue weighted by atomic mass is 10.2. The lowest BCUT2D eigenvalue weighted by Gasteiger charge is -2.34. The maximum Gasteiger partial charge on any atom is 0.421 e. The Hall–Kier alpha value is -3.46. The van der Waals surface area contributed by atoms with E-state index in [1.807, 2.05) is 11.9 Å². The number of aromatic nitrogens is 2. The molecule has 2 aliphatic rings. The average Bonchev–Trinajstić information content (AvgIpc) is 3.11. The Morgan fingerprint density at radius 3 is 2.62 bits per heavy atom. The van der Waals surface area contributed by atoms with E-state index in [-0.39, 0.29) is 36.3 Å². The van der Waals surface area contributed by atoms with Crippen LogP contribution in [0.5, 0.6) is 5.75 Å². The Bertz CT molecular complexity index is 1150. The normalized spacial score (nSPS) is 17.2. The quantitative estimate of drug-likeness (QED) is 0.326. The molecule has 2 aliphatic heterocycles. The molecule has 15 heteroatoms. The van der Waals surface area contributed by atoms with Crippen molar-refractivity contribution in [3.8, 4) is 5.75 Å². The van der Waals surface area contributed by atoms with Gasteiger partial charge in [-0.3, -0.25) is 4.79 Å². The van der Waals surface area contributed by atoms with Crippen LogP contribution >= 0.6 is 0 Å². The van der Waals surface area contributed by atoms with Crippen LogP contribution in [0.3, 0.4) is 0 Å². The van der Waals surface area contributed by atoms with Gasteiger partial charge < -0.3 is 34.8 Å². The van der Waals surface area contributed by atoms with Crippen LogP contribution in [0.1, 0.15) is 18.4 Å². The van der Waals surface area contributed by atoms with Crippen molar-refractivity contribution < 1.29 is 36.2 Å². The van der Waals surface area contributed by atoms with E-state index in [0.717, 1.165) is 13.1 Å². The second-order valence-corrected chi connectivity index (χ2v) is 9.45. The van der Waals surface area contributed by atoms with E-state index in [2.05, 4.69) is 25.5 Å². The van der Waals surface area contributed by atoms with Gasteiger partial charge in [0.1, 0.15) is 11.4 Å². The Kier molecular flexibility index (Phi) is 9.79. The zero-order valence-electron chi connectivity index (χ0n) is 22.0. The van der Waals surface area contributed by atoms with Gasteiger partial charge in [0.15, 0.2) is 5.75 Å². The summed E-state index contributed by atoms with van der Waals surface area (Å²) in [4.78, 5) is 25.6. The van der Waals surface area contributed by atoms with Gasteiger partial charge in [-0.15, -0.1) is 0 Å². The SMILES string of the molecule is CN1CCN(c2ccc(Nc3ncc(C(F)(F)F)c(NCCCN4CCOCCC4=O)n3)c(OC(F)F)c2)CC1. The fourth-order valence-electron chi connectivity index (χ4n) is 4.41. The first-order valence-electron chi connectivity index (χ1n) is 12.9. The van der Waals surface area contributed by atoms with Gasteiger partial charge in [-0.05, 0) is 25.6 Å². The standard InChI is InChI=1S/C25H32F5N7O3/c1-35-8-10-36(11-9-35)17-3-4-19(20(15-17)40-23(26)27)33-24-32-16-18(25(28,29)30)22(34-24)31-6-2-7-37-12-14-39-13-5-21(37)38/h3-4,15-16,23H,2,5-14H2,1H3,(H2,31,32,33,34). The van der Waals surface area contributed by atoms with Gasteiger partial charge >= 0.3 is 12.8 Å². The molecular weight excluding hydrogens is 541 g/mol. The number of halogens is 5. The fraction of sp³-hybridized carbons (Fsp3) is 0.560. The minimum atomic E-state index is -4.73. The van der Waals surface area contributed by atoms with Crippen LogP contribution in [0.25, 0.3) is 0 Å². The predicted molar refractivity (Wildman–Crippen MR) is 138 cm³/mol. The summed E-state index contributed by atoms with van der Waals surface area (Å²) in [6, 6.07) is 4.67. The molecule has 0 saturated carbocycles. The van der Waals surface area contributed by atoms with Crippen LogP contribution in [0.2, 0.25) is 0 Å². The summed E-state index contributed by atoms with van der Waals surface area (Å²) < 4.78 is 77.3. The predicted octanol–water partition coefficient (Wildman–Crippen LogP) is 3.64. The fourth-order valence-corrected chi connectivity index (χ4v) is 4.41. The van der Waals surface area contributed by atoms with Gasteiger partial charge in [0, 0.05) is 63.8 Å². The molecule has 0 spiro atoms. The Balaban J connectivity index is 1.48. The highest BCUT2D eigenvalue weighted by molar-refractivity contribution is 5.76. The molecule has 10 nitrogen and oxygen atoms in total. The lowest BCUT2D eigenvalue weighted by Crippen LogP contribution is -2.44. The Morgan fingerprint density at radius 1 is 1.12 bits per heavy atom. The summed E-state index contributed by atoms with van der Waals surface area (Å²) in [5.74, 6) is -0.958. The van der Waals surface area contributed by atoms with Crippen LogP contribution < -0.4 is 20.3 Å². The molecule has 0 atom stereocenters. The second kappa shape index (κ2) is 13.3. The zero-order chi connectivity index (χ0) is 28.7. The van der Waals surface area contributed by atoms with Crippen molar-refractivity contribution >= 4 is 29.0 Å². The molecule has 0 unspecified atom stereocenters. The third kappa shape index (κ3) is 8.03. The van der Waals surface area contributed by atoms with Crippen molar-refractivity contribution in [3.63, 3.8) is 0 Å². The molecule has 0 aliphatic carbocycles. The van der Waals surface area contributed by atoms with Crippen molar-refractivity contribution in [1.82, 2.24) is 19.8 Å². The first-order valence-corrected chi connectivity index (χ1v) is 12.9. The van der Waals surface area contributed by atoms with E-state index in [9.17, 15) is 26.7 Å². The number of ether oxygens (including phenoxy) is 2. The number of nitrogens with one attached hydrogen (secondary N) is 2. The van der Waals surface area contributed by atoms with Crippen LogP contribution in [0.15, 0.2) is 24.4 Å². The van der Waals surface area contributed by atoms with Crippen LogP contribution in [-0.4, -0.2) is 98.4 Å². The molecule has 40 heavy (non-hydrogen) atoms. The highest BCUT2D eigenvalue weighted by Crippen LogP contribution is 2.36. The lowest BCUT2D eigenvalue weighted by molar-refractivity contribution is -0.137. The van der Waals surface area contributed by atoms with Gasteiger partial charge in [-0.25, -0.2) is 4.98 Å². The van der Waals surface area contributed by atoms with Crippen molar-refractivity contribution in [2.45, 2.75) is 25.6 Å². The number of carbonyl (C=O) groups excluding carboxylic acids is 1. The van der Waals surface area contributed by atoms with Crippen molar-refractivity contribution in [1.29, 1.82) is 0 Å². The summed E-state index contributed by atoms with van der Waals surface area (Å²) in [6.45, 7) is 1.54. The Morgan fingerprint density at radius 2 is 1.90 bits per heavy atom. The first-order chi connectivity index (χ1) is 19.1.